The molecule has 132 valence electrons. The number of carbonyl (C=O) groups excluding carboxylic acids is 1. The molecule has 1 heterocycles. The van der Waals surface area contributed by atoms with Gasteiger partial charge >= 0.3 is 0 Å². The predicted molar refractivity (Wildman–Crippen MR) is 103 cm³/mol. The molecule has 4 nitrogen and oxygen atoms in total. The van der Waals surface area contributed by atoms with Gasteiger partial charge in [-0.05, 0) is 46.6 Å². The highest BCUT2D eigenvalue weighted by Crippen LogP contribution is 2.26. The van der Waals surface area contributed by atoms with Crippen LogP contribution >= 0.6 is 15.9 Å². The molecule has 0 aromatic heterocycles. The summed E-state index contributed by atoms with van der Waals surface area (Å²) in [5, 5.41) is 0. The van der Waals surface area contributed by atoms with Gasteiger partial charge in [0.05, 0.1) is 11.6 Å². The van der Waals surface area contributed by atoms with Crippen LogP contribution in [0.1, 0.15) is 21.5 Å². The number of nitrogens with zero attached hydrogens (tertiary/aromatic N) is 2. The van der Waals surface area contributed by atoms with Crippen molar-refractivity contribution in [3.05, 3.63) is 63.6 Å². The molecular weight excluding hydrogens is 380 g/mol. The van der Waals surface area contributed by atoms with E-state index in [0.717, 1.165) is 42.9 Å². The summed E-state index contributed by atoms with van der Waals surface area (Å²) >= 11 is 3.45. The first kappa shape index (κ1) is 18.0. The number of carbonyl (C=O) groups is 1. The zero-order valence-corrected chi connectivity index (χ0v) is 16.3. The lowest BCUT2D eigenvalue weighted by molar-refractivity contribution is 0.0628. The van der Waals surface area contributed by atoms with E-state index in [1.165, 1.54) is 11.1 Å². The fourth-order valence-electron chi connectivity index (χ4n) is 3.16. The number of methoxy groups -OCH3 is 1. The lowest BCUT2D eigenvalue weighted by Crippen LogP contribution is -2.48. The first-order valence-electron chi connectivity index (χ1n) is 8.47. The minimum Gasteiger partial charge on any atom is -0.496 e. The molecule has 25 heavy (non-hydrogen) atoms. The molecule has 1 amide bonds. The summed E-state index contributed by atoms with van der Waals surface area (Å²) in [7, 11) is 1.62. The number of benzene rings is 2. The molecule has 0 radical (unpaired) electrons. The largest absolute Gasteiger partial charge is 0.496 e. The quantitative estimate of drug-likeness (QED) is 0.780. The Morgan fingerprint density at radius 3 is 2.52 bits per heavy atom. The van der Waals surface area contributed by atoms with E-state index in [9.17, 15) is 4.79 Å². The van der Waals surface area contributed by atoms with Crippen molar-refractivity contribution >= 4 is 21.8 Å². The van der Waals surface area contributed by atoms with E-state index in [0.29, 0.717) is 5.56 Å². The maximum Gasteiger partial charge on any atom is 0.253 e. The summed E-state index contributed by atoms with van der Waals surface area (Å²) in [6.45, 7) is 6.38. The number of ether oxygens (including phenoxy) is 1. The maximum atomic E-state index is 12.7. The molecule has 0 atom stereocenters. The van der Waals surface area contributed by atoms with Crippen molar-refractivity contribution in [2.45, 2.75) is 13.5 Å². The normalized spacial score (nSPS) is 15.2. The lowest BCUT2D eigenvalue weighted by Gasteiger charge is -2.35. The van der Waals surface area contributed by atoms with Crippen LogP contribution in [-0.4, -0.2) is 49.0 Å². The van der Waals surface area contributed by atoms with Crippen LogP contribution in [0.3, 0.4) is 0 Å². The molecule has 2 aromatic rings. The van der Waals surface area contributed by atoms with E-state index in [-0.39, 0.29) is 5.91 Å². The summed E-state index contributed by atoms with van der Waals surface area (Å²) in [6.07, 6.45) is 0. The van der Waals surface area contributed by atoms with Crippen LogP contribution in [0, 0.1) is 6.92 Å². The predicted octanol–water partition coefficient (Wildman–Crippen LogP) is 3.72. The van der Waals surface area contributed by atoms with E-state index in [1.807, 2.05) is 23.1 Å². The third kappa shape index (κ3) is 4.41. The Labute approximate surface area is 157 Å². The molecule has 0 spiro atoms. The van der Waals surface area contributed by atoms with Gasteiger partial charge in [-0.25, -0.2) is 0 Å². The van der Waals surface area contributed by atoms with Crippen LogP contribution in [0.25, 0.3) is 0 Å². The van der Waals surface area contributed by atoms with E-state index >= 15 is 0 Å². The Morgan fingerprint density at radius 2 is 1.88 bits per heavy atom. The lowest BCUT2D eigenvalue weighted by atomic mass is 10.1. The van der Waals surface area contributed by atoms with Crippen LogP contribution in [0.4, 0.5) is 0 Å². The summed E-state index contributed by atoms with van der Waals surface area (Å²) in [5.74, 6) is 0.818. The third-order valence-electron chi connectivity index (χ3n) is 4.55. The van der Waals surface area contributed by atoms with Crippen molar-refractivity contribution in [3.8, 4) is 5.75 Å². The van der Waals surface area contributed by atoms with Crippen molar-refractivity contribution < 1.29 is 9.53 Å². The van der Waals surface area contributed by atoms with Crippen molar-refractivity contribution in [3.63, 3.8) is 0 Å². The fraction of sp³-hybridized carbons (Fsp3) is 0.350. The van der Waals surface area contributed by atoms with Crippen LogP contribution in [-0.2, 0) is 6.54 Å². The smallest absolute Gasteiger partial charge is 0.253 e. The summed E-state index contributed by atoms with van der Waals surface area (Å²) in [5.41, 5.74) is 3.31. The summed E-state index contributed by atoms with van der Waals surface area (Å²) in [6, 6.07) is 14.1. The molecule has 5 heteroatoms. The second kappa shape index (κ2) is 8.02. The second-order valence-corrected chi connectivity index (χ2v) is 7.26. The maximum absolute atomic E-state index is 12.7. The Balaban J connectivity index is 1.58. The Morgan fingerprint density at radius 1 is 1.12 bits per heavy atom. The van der Waals surface area contributed by atoms with E-state index in [4.69, 9.17) is 4.74 Å². The molecule has 0 bridgehead atoms. The van der Waals surface area contributed by atoms with Gasteiger partial charge in [0.15, 0.2) is 0 Å². The van der Waals surface area contributed by atoms with Crippen LogP contribution in [0.15, 0.2) is 46.9 Å². The highest BCUT2D eigenvalue weighted by Gasteiger charge is 2.22. The zero-order valence-electron chi connectivity index (χ0n) is 14.7. The molecule has 0 saturated carbocycles. The average molecular weight is 403 g/mol. The molecule has 1 aliphatic heterocycles. The number of rotatable bonds is 4. The van der Waals surface area contributed by atoms with Crippen molar-refractivity contribution in [1.82, 2.24) is 9.80 Å². The highest BCUT2D eigenvalue weighted by atomic mass is 79.9. The fourth-order valence-corrected chi connectivity index (χ4v) is 3.70. The van der Waals surface area contributed by atoms with Gasteiger partial charge in [-0.1, -0.05) is 29.8 Å². The molecular formula is C20H23BrN2O2. The first-order valence-corrected chi connectivity index (χ1v) is 9.27. The standard InChI is InChI=1S/C20H23BrN2O2/c1-15-4-3-5-16(12-15)14-22-8-10-23(11-9-22)20(24)17-6-7-19(25-2)18(21)13-17/h3-7,12-13H,8-11,14H2,1-2H3. The first-order chi connectivity index (χ1) is 12.1. The molecule has 1 saturated heterocycles. The minimum atomic E-state index is 0.0820. The van der Waals surface area contributed by atoms with E-state index in [2.05, 4.69) is 52.0 Å². The number of hydrogen-bond acceptors (Lipinski definition) is 3. The monoisotopic (exact) mass is 402 g/mol. The Bertz CT molecular complexity index is 755. The summed E-state index contributed by atoms with van der Waals surface area (Å²) < 4.78 is 6.03. The topological polar surface area (TPSA) is 32.8 Å². The molecule has 0 aliphatic carbocycles. The van der Waals surface area contributed by atoms with Crippen molar-refractivity contribution in [1.29, 1.82) is 0 Å². The van der Waals surface area contributed by atoms with Gasteiger partial charge in [0.25, 0.3) is 5.91 Å². The second-order valence-electron chi connectivity index (χ2n) is 6.41. The molecule has 3 rings (SSSR count). The van der Waals surface area contributed by atoms with Gasteiger partial charge < -0.3 is 9.64 Å². The molecule has 1 fully saturated rings. The number of hydrogen-bond donors (Lipinski definition) is 0. The molecule has 0 N–H and O–H groups in total. The summed E-state index contributed by atoms with van der Waals surface area (Å²) in [4.78, 5) is 17.0. The van der Waals surface area contributed by atoms with Crippen LogP contribution < -0.4 is 4.74 Å². The van der Waals surface area contributed by atoms with E-state index < -0.39 is 0 Å². The third-order valence-corrected chi connectivity index (χ3v) is 5.17. The highest BCUT2D eigenvalue weighted by molar-refractivity contribution is 9.10. The zero-order chi connectivity index (χ0) is 17.8. The van der Waals surface area contributed by atoms with E-state index in [1.54, 1.807) is 7.11 Å². The van der Waals surface area contributed by atoms with Gasteiger partial charge in [0.2, 0.25) is 0 Å². The SMILES string of the molecule is COc1ccc(C(=O)N2CCN(Cc3cccc(C)c3)CC2)cc1Br. The van der Waals surface area contributed by atoms with Gasteiger partial charge in [0.1, 0.15) is 5.75 Å². The molecule has 1 aliphatic rings. The van der Waals surface area contributed by atoms with Gasteiger partial charge in [-0.15, -0.1) is 0 Å². The van der Waals surface area contributed by atoms with Gasteiger partial charge in [-0.3, -0.25) is 9.69 Å². The Kier molecular flexibility index (Phi) is 5.76. The number of halogens is 1. The van der Waals surface area contributed by atoms with Crippen LogP contribution in [0.2, 0.25) is 0 Å². The number of piperazine rings is 1. The van der Waals surface area contributed by atoms with Crippen molar-refractivity contribution in [2.75, 3.05) is 33.3 Å². The van der Waals surface area contributed by atoms with Gasteiger partial charge in [-0.2, -0.15) is 0 Å². The van der Waals surface area contributed by atoms with Gasteiger partial charge in [0, 0.05) is 38.3 Å². The average Bonchev–Trinajstić information content (AvgIpc) is 2.62. The van der Waals surface area contributed by atoms with Crippen LogP contribution in [0.5, 0.6) is 5.75 Å². The Hall–Kier alpha value is -1.85. The number of amides is 1. The van der Waals surface area contributed by atoms with Crippen molar-refractivity contribution in [2.24, 2.45) is 0 Å². The molecule has 2 aromatic carbocycles. The minimum absolute atomic E-state index is 0.0820. The molecule has 0 unspecified atom stereocenters. The number of aryl methyl sites for hydroxylation is 1.